The van der Waals surface area contributed by atoms with E-state index in [1.807, 2.05) is 18.2 Å². The minimum absolute atomic E-state index is 0.0442. The first kappa shape index (κ1) is 19.3. The number of hydrogen-bond acceptors (Lipinski definition) is 3. The van der Waals surface area contributed by atoms with Gasteiger partial charge in [-0.1, -0.05) is 30.3 Å². The number of nitrogens with zero attached hydrogens (tertiary/aromatic N) is 1. The fourth-order valence-corrected chi connectivity index (χ4v) is 3.90. The van der Waals surface area contributed by atoms with E-state index in [4.69, 9.17) is 0 Å². The Morgan fingerprint density at radius 1 is 1.07 bits per heavy atom. The molecule has 0 saturated carbocycles. The highest BCUT2D eigenvalue weighted by Gasteiger charge is 2.49. The van der Waals surface area contributed by atoms with E-state index in [0.29, 0.717) is 5.56 Å². The van der Waals surface area contributed by atoms with Crippen molar-refractivity contribution < 1.29 is 27.5 Å². The van der Waals surface area contributed by atoms with E-state index in [0.717, 1.165) is 41.9 Å². The third-order valence-electron chi connectivity index (χ3n) is 5.45. The van der Waals surface area contributed by atoms with Crippen molar-refractivity contribution in [2.24, 2.45) is 0 Å². The van der Waals surface area contributed by atoms with Crippen molar-refractivity contribution in [1.82, 2.24) is 10.2 Å². The van der Waals surface area contributed by atoms with E-state index < -0.39 is 23.8 Å². The molecule has 1 N–H and O–H groups in total. The van der Waals surface area contributed by atoms with Crippen molar-refractivity contribution in [3.63, 3.8) is 0 Å². The van der Waals surface area contributed by atoms with Gasteiger partial charge >= 0.3 is 12.4 Å². The third-order valence-corrected chi connectivity index (χ3v) is 5.45. The van der Waals surface area contributed by atoms with Crippen LogP contribution < -0.4 is 10.1 Å². The van der Waals surface area contributed by atoms with Gasteiger partial charge in [0.05, 0.1) is 6.54 Å². The molecule has 4 rings (SSSR count). The molecule has 2 aliphatic rings. The summed E-state index contributed by atoms with van der Waals surface area (Å²) < 4.78 is 40.7. The van der Waals surface area contributed by atoms with Crippen LogP contribution in [0.25, 0.3) is 0 Å². The van der Waals surface area contributed by atoms with E-state index in [-0.39, 0.29) is 12.3 Å². The second kappa shape index (κ2) is 6.79. The maximum Gasteiger partial charge on any atom is 0.573 e. The lowest BCUT2D eigenvalue weighted by Gasteiger charge is -2.23. The third kappa shape index (κ3) is 3.66. The zero-order chi connectivity index (χ0) is 20.8. The first-order valence-corrected chi connectivity index (χ1v) is 9.27. The topological polar surface area (TPSA) is 58.6 Å². The average molecular weight is 404 g/mol. The molecule has 0 spiro atoms. The lowest BCUT2D eigenvalue weighted by molar-refractivity contribution is -0.274. The molecule has 1 aliphatic carbocycles. The zero-order valence-corrected chi connectivity index (χ0v) is 15.7. The first-order valence-electron chi connectivity index (χ1n) is 9.27. The van der Waals surface area contributed by atoms with E-state index in [9.17, 15) is 22.8 Å². The predicted molar refractivity (Wildman–Crippen MR) is 98.0 cm³/mol. The van der Waals surface area contributed by atoms with Crippen LogP contribution in [0.2, 0.25) is 0 Å². The molecule has 5 nitrogen and oxygen atoms in total. The predicted octanol–water partition coefficient (Wildman–Crippen LogP) is 4.04. The van der Waals surface area contributed by atoms with Crippen LogP contribution in [0, 0.1) is 0 Å². The highest BCUT2D eigenvalue weighted by atomic mass is 19.4. The molecule has 1 aliphatic heterocycles. The van der Waals surface area contributed by atoms with Gasteiger partial charge in [0.15, 0.2) is 0 Å². The number of carbonyl (C=O) groups excluding carboxylic acids is 2. The van der Waals surface area contributed by atoms with E-state index in [2.05, 4.69) is 10.1 Å². The molecule has 0 aromatic heterocycles. The van der Waals surface area contributed by atoms with Gasteiger partial charge in [0, 0.05) is 0 Å². The maximum absolute atomic E-state index is 13.1. The number of imide groups is 1. The number of halogens is 3. The fourth-order valence-electron chi connectivity index (χ4n) is 3.90. The zero-order valence-electron chi connectivity index (χ0n) is 15.7. The van der Waals surface area contributed by atoms with Gasteiger partial charge in [-0.2, -0.15) is 0 Å². The molecular weight excluding hydrogens is 385 g/mol. The molecule has 1 unspecified atom stereocenters. The number of nitrogens with one attached hydrogen (secondary N) is 1. The maximum atomic E-state index is 13.1. The standard InChI is InChI=1S/C21H19F3N2O3/c1-20(16-8-7-14-3-2-4-15(14)11-16)18(27)26(19(28)25-20)12-13-5-9-17(10-6-13)29-21(22,23)24/h5-11H,2-4,12H2,1H3,(H,25,28). The summed E-state index contributed by atoms with van der Waals surface area (Å²) in [4.78, 5) is 26.6. The van der Waals surface area contributed by atoms with Crippen LogP contribution in [0.1, 0.15) is 35.6 Å². The summed E-state index contributed by atoms with van der Waals surface area (Å²) in [5.41, 5.74) is 2.54. The Morgan fingerprint density at radius 2 is 1.76 bits per heavy atom. The summed E-state index contributed by atoms with van der Waals surface area (Å²) in [7, 11) is 0. The first-order chi connectivity index (χ1) is 13.7. The number of aryl methyl sites for hydroxylation is 2. The summed E-state index contributed by atoms with van der Waals surface area (Å²) in [6.07, 6.45) is -1.72. The molecule has 1 saturated heterocycles. The monoisotopic (exact) mass is 404 g/mol. The second-order valence-electron chi connectivity index (χ2n) is 7.48. The van der Waals surface area contributed by atoms with E-state index in [1.165, 1.54) is 23.3 Å². The normalized spacial score (nSPS) is 21.3. The van der Waals surface area contributed by atoms with Crippen LogP contribution in [0.4, 0.5) is 18.0 Å². The highest BCUT2D eigenvalue weighted by molar-refractivity contribution is 6.07. The highest BCUT2D eigenvalue weighted by Crippen LogP contribution is 2.33. The van der Waals surface area contributed by atoms with Crippen molar-refractivity contribution in [1.29, 1.82) is 0 Å². The number of hydrogen-bond donors (Lipinski definition) is 1. The fraction of sp³-hybridized carbons (Fsp3) is 0.333. The summed E-state index contributed by atoms with van der Waals surface area (Å²) in [5, 5.41) is 2.76. The largest absolute Gasteiger partial charge is 0.573 e. The molecule has 2 aromatic carbocycles. The lowest BCUT2D eigenvalue weighted by Crippen LogP contribution is -2.40. The number of benzene rings is 2. The molecule has 0 radical (unpaired) electrons. The molecule has 1 atom stereocenters. The van der Waals surface area contributed by atoms with Gasteiger partial charge in [-0.25, -0.2) is 4.79 Å². The summed E-state index contributed by atoms with van der Waals surface area (Å²) >= 11 is 0. The Labute approximate surface area is 165 Å². The number of carbonyl (C=O) groups is 2. The van der Waals surface area contributed by atoms with Crippen molar-refractivity contribution in [2.45, 2.75) is 44.6 Å². The number of amides is 3. The van der Waals surface area contributed by atoms with Crippen LogP contribution in [0.15, 0.2) is 42.5 Å². The summed E-state index contributed by atoms with van der Waals surface area (Å²) in [6, 6.07) is 10.4. The van der Waals surface area contributed by atoms with Crippen molar-refractivity contribution in [3.05, 3.63) is 64.7 Å². The van der Waals surface area contributed by atoms with Gasteiger partial charge in [-0.15, -0.1) is 13.2 Å². The van der Waals surface area contributed by atoms with E-state index in [1.54, 1.807) is 6.92 Å². The smallest absolute Gasteiger partial charge is 0.406 e. The Bertz CT molecular complexity index is 972. The Balaban J connectivity index is 1.52. The number of fused-ring (bicyclic) bond motifs is 1. The van der Waals surface area contributed by atoms with Crippen LogP contribution >= 0.6 is 0 Å². The number of urea groups is 1. The molecule has 152 valence electrons. The van der Waals surface area contributed by atoms with Crippen LogP contribution in [-0.2, 0) is 29.7 Å². The molecule has 1 fully saturated rings. The van der Waals surface area contributed by atoms with Crippen LogP contribution in [0.3, 0.4) is 0 Å². The van der Waals surface area contributed by atoms with Gasteiger partial charge in [0.25, 0.3) is 5.91 Å². The van der Waals surface area contributed by atoms with Crippen LogP contribution in [0.5, 0.6) is 5.75 Å². The molecule has 1 heterocycles. The summed E-state index contributed by atoms with van der Waals surface area (Å²) in [6.45, 7) is 1.63. The average Bonchev–Trinajstić information content (AvgIpc) is 3.20. The second-order valence-corrected chi connectivity index (χ2v) is 7.48. The van der Waals surface area contributed by atoms with Gasteiger partial charge < -0.3 is 10.1 Å². The minimum atomic E-state index is -4.77. The Hall–Kier alpha value is -3.03. The molecular formula is C21H19F3N2O3. The molecule has 29 heavy (non-hydrogen) atoms. The molecule has 3 amide bonds. The molecule has 0 bridgehead atoms. The number of ether oxygens (including phenoxy) is 1. The number of alkyl halides is 3. The molecule has 2 aromatic rings. The molecule has 8 heteroatoms. The van der Waals surface area contributed by atoms with Crippen molar-refractivity contribution in [3.8, 4) is 5.75 Å². The van der Waals surface area contributed by atoms with Crippen molar-refractivity contribution >= 4 is 11.9 Å². The summed E-state index contributed by atoms with van der Waals surface area (Å²) in [5.74, 6) is -0.752. The SMILES string of the molecule is CC1(c2ccc3c(c2)CCC3)NC(=O)N(Cc2ccc(OC(F)(F)F)cc2)C1=O. The minimum Gasteiger partial charge on any atom is -0.406 e. The lowest BCUT2D eigenvalue weighted by atomic mass is 9.89. The van der Waals surface area contributed by atoms with Gasteiger partial charge in [-0.05, 0) is 60.6 Å². The van der Waals surface area contributed by atoms with Gasteiger partial charge in [0.2, 0.25) is 0 Å². The van der Waals surface area contributed by atoms with E-state index >= 15 is 0 Å². The van der Waals surface area contributed by atoms with Gasteiger partial charge in [-0.3, -0.25) is 9.69 Å². The quantitative estimate of drug-likeness (QED) is 0.783. The Morgan fingerprint density at radius 3 is 2.45 bits per heavy atom. The van der Waals surface area contributed by atoms with Crippen LogP contribution in [-0.4, -0.2) is 23.2 Å². The Kier molecular flexibility index (Phi) is 4.52. The number of rotatable bonds is 4. The van der Waals surface area contributed by atoms with Crippen molar-refractivity contribution in [2.75, 3.05) is 0 Å². The van der Waals surface area contributed by atoms with Gasteiger partial charge in [0.1, 0.15) is 11.3 Å².